The Kier molecular flexibility index (Phi) is 6.73. The molecule has 0 saturated carbocycles. The van der Waals surface area contributed by atoms with E-state index in [9.17, 15) is 0 Å². The average Bonchev–Trinajstić information content (AvgIpc) is 3.63. The first-order valence-corrected chi connectivity index (χ1v) is 18.7. The van der Waals surface area contributed by atoms with Crippen LogP contribution < -0.4 is 0 Å². The van der Waals surface area contributed by atoms with Gasteiger partial charge in [0.25, 0.3) is 0 Å². The largest absolute Gasteiger partial charge is 0.246 e. The number of fused-ring (bicyclic) bond motifs is 9. The first-order chi connectivity index (χ1) is 26.2. The van der Waals surface area contributed by atoms with E-state index in [1.807, 2.05) is 29.5 Å². The van der Waals surface area contributed by atoms with Gasteiger partial charge >= 0.3 is 0 Å². The van der Waals surface area contributed by atoms with Gasteiger partial charge in [0.15, 0.2) is 0 Å². The molecular formula is C49H29N3S. The normalized spacial score (nSPS) is 11.8. The summed E-state index contributed by atoms with van der Waals surface area (Å²) < 4.78 is 2.51. The summed E-state index contributed by atoms with van der Waals surface area (Å²) in [5.41, 5.74) is 11.3. The summed E-state index contributed by atoms with van der Waals surface area (Å²) in [6.45, 7) is 0. The van der Waals surface area contributed by atoms with Crippen LogP contribution in [0.25, 0.3) is 109 Å². The first kappa shape index (κ1) is 29.9. The Hall–Kier alpha value is -6.75. The van der Waals surface area contributed by atoms with Gasteiger partial charge in [0.05, 0.1) is 38.3 Å². The van der Waals surface area contributed by atoms with Crippen molar-refractivity contribution in [3.8, 4) is 44.9 Å². The maximum Gasteiger partial charge on any atom is 0.0972 e. The van der Waals surface area contributed by atoms with Gasteiger partial charge in [-0.3, -0.25) is 0 Å². The molecule has 11 rings (SSSR count). The highest BCUT2D eigenvalue weighted by molar-refractivity contribution is 7.26. The van der Waals surface area contributed by atoms with Crippen LogP contribution in [-0.2, 0) is 0 Å². The second kappa shape index (κ2) is 11.9. The number of pyridine rings is 3. The van der Waals surface area contributed by atoms with Crippen LogP contribution in [0.5, 0.6) is 0 Å². The molecule has 3 nitrogen and oxygen atoms in total. The number of hydrogen-bond donors (Lipinski definition) is 0. The lowest BCUT2D eigenvalue weighted by atomic mass is 9.97. The van der Waals surface area contributed by atoms with Crippen molar-refractivity contribution in [1.82, 2.24) is 15.0 Å². The molecule has 0 bridgehead atoms. The number of aromatic nitrogens is 3. The lowest BCUT2D eigenvalue weighted by Gasteiger charge is -2.12. The molecule has 0 radical (unpaired) electrons. The minimum absolute atomic E-state index is 0.914. The molecule has 7 aromatic carbocycles. The van der Waals surface area contributed by atoms with Gasteiger partial charge in [-0.25, -0.2) is 15.0 Å². The molecule has 4 aromatic heterocycles. The minimum atomic E-state index is 0.914. The molecule has 0 atom stereocenters. The molecule has 0 aliphatic rings. The zero-order valence-corrected chi connectivity index (χ0v) is 29.3. The van der Waals surface area contributed by atoms with Crippen LogP contribution in [0.2, 0.25) is 0 Å². The van der Waals surface area contributed by atoms with Crippen molar-refractivity contribution in [3.05, 3.63) is 176 Å². The summed E-state index contributed by atoms with van der Waals surface area (Å²) in [5.74, 6) is 0. The molecule has 0 unspecified atom stereocenters. The van der Waals surface area contributed by atoms with Crippen LogP contribution in [0.15, 0.2) is 176 Å². The molecule has 0 amide bonds. The molecule has 246 valence electrons. The van der Waals surface area contributed by atoms with E-state index in [-0.39, 0.29) is 0 Å². The maximum atomic E-state index is 5.44. The van der Waals surface area contributed by atoms with Crippen molar-refractivity contribution in [2.45, 2.75) is 0 Å². The van der Waals surface area contributed by atoms with E-state index in [0.29, 0.717) is 0 Å². The molecule has 53 heavy (non-hydrogen) atoms. The smallest absolute Gasteiger partial charge is 0.0972 e. The molecule has 0 saturated heterocycles. The fraction of sp³-hybridized carbons (Fsp3) is 0. The molecule has 0 N–H and O–H groups in total. The van der Waals surface area contributed by atoms with Crippen LogP contribution in [0.1, 0.15) is 0 Å². The second-order valence-corrected chi connectivity index (χ2v) is 14.6. The Morgan fingerprint density at radius 2 is 0.981 bits per heavy atom. The first-order valence-electron chi connectivity index (χ1n) is 17.9. The van der Waals surface area contributed by atoms with Gasteiger partial charge in [0.2, 0.25) is 0 Å². The summed E-state index contributed by atoms with van der Waals surface area (Å²) >= 11 is 1.83. The Labute approximate surface area is 309 Å². The molecule has 11 aromatic rings. The van der Waals surface area contributed by atoms with Gasteiger partial charge in [0, 0.05) is 48.3 Å². The number of thiophene rings is 1. The van der Waals surface area contributed by atoms with E-state index >= 15 is 0 Å². The Morgan fingerprint density at radius 1 is 0.377 bits per heavy atom. The highest BCUT2D eigenvalue weighted by Crippen LogP contribution is 2.44. The number of rotatable bonds is 4. The quantitative estimate of drug-likeness (QED) is 0.172. The van der Waals surface area contributed by atoms with Gasteiger partial charge in [-0.2, -0.15) is 0 Å². The second-order valence-electron chi connectivity index (χ2n) is 13.6. The van der Waals surface area contributed by atoms with Crippen LogP contribution in [0.3, 0.4) is 0 Å². The predicted molar refractivity (Wildman–Crippen MR) is 224 cm³/mol. The fourth-order valence-corrected chi connectivity index (χ4v) is 9.03. The highest BCUT2D eigenvalue weighted by atomic mass is 32.1. The number of nitrogens with zero attached hydrogens (tertiary/aromatic N) is 3. The van der Waals surface area contributed by atoms with E-state index in [1.165, 1.54) is 41.9 Å². The molecule has 0 spiro atoms. The molecule has 0 aliphatic carbocycles. The molecule has 0 fully saturated rings. The number of benzene rings is 7. The summed E-state index contributed by atoms with van der Waals surface area (Å²) in [6, 6.07) is 62.4. The Morgan fingerprint density at radius 3 is 1.75 bits per heavy atom. The topological polar surface area (TPSA) is 38.7 Å². The van der Waals surface area contributed by atoms with Gasteiger partial charge in [-0.15, -0.1) is 11.3 Å². The van der Waals surface area contributed by atoms with Crippen LogP contribution >= 0.6 is 11.3 Å². The predicted octanol–water partition coefficient (Wildman–Crippen LogP) is 13.5. The van der Waals surface area contributed by atoms with Crippen molar-refractivity contribution >= 4 is 75.0 Å². The van der Waals surface area contributed by atoms with E-state index in [4.69, 9.17) is 15.0 Å². The summed E-state index contributed by atoms with van der Waals surface area (Å²) in [7, 11) is 0. The number of hydrogen-bond acceptors (Lipinski definition) is 4. The standard InChI is InChI=1S/C49H29N3S/c1-2-10-32(11-3-1)41-27-24-34-21-22-35-25-28-42(51-47(35)46(34)50-41)33-19-17-30(18-20-33)36-23-26-39-43(29-36)52-48(38-15-8-12-31-9-4-5-13-37(31)38)49-45(39)40-14-6-7-16-44(40)53-49/h1-29H. The van der Waals surface area contributed by atoms with E-state index in [0.717, 1.165) is 66.7 Å². The zero-order chi connectivity index (χ0) is 34.9. The maximum absolute atomic E-state index is 5.44. The van der Waals surface area contributed by atoms with Crippen molar-refractivity contribution in [2.24, 2.45) is 0 Å². The van der Waals surface area contributed by atoms with Crippen molar-refractivity contribution < 1.29 is 0 Å². The molecule has 4 heterocycles. The average molecular weight is 692 g/mol. The minimum Gasteiger partial charge on any atom is -0.246 e. The van der Waals surface area contributed by atoms with Gasteiger partial charge in [-0.05, 0) is 46.2 Å². The van der Waals surface area contributed by atoms with Gasteiger partial charge < -0.3 is 0 Å². The third kappa shape index (κ3) is 4.91. The van der Waals surface area contributed by atoms with E-state index in [1.54, 1.807) is 0 Å². The van der Waals surface area contributed by atoms with Gasteiger partial charge in [0.1, 0.15) is 0 Å². The molecule has 0 aliphatic heterocycles. The lowest BCUT2D eigenvalue weighted by Crippen LogP contribution is -1.91. The monoisotopic (exact) mass is 691 g/mol. The third-order valence-corrected chi connectivity index (χ3v) is 11.6. The Bertz CT molecular complexity index is 3210. The van der Waals surface area contributed by atoms with Crippen LogP contribution in [-0.4, -0.2) is 15.0 Å². The van der Waals surface area contributed by atoms with Crippen molar-refractivity contribution in [1.29, 1.82) is 0 Å². The van der Waals surface area contributed by atoms with Crippen molar-refractivity contribution in [2.75, 3.05) is 0 Å². The summed E-state index contributed by atoms with van der Waals surface area (Å²) in [4.78, 5) is 15.7. The van der Waals surface area contributed by atoms with E-state index in [2.05, 4.69) is 158 Å². The highest BCUT2D eigenvalue weighted by Gasteiger charge is 2.18. The molecule has 4 heteroatoms. The van der Waals surface area contributed by atoms with Crippen LogP contribution in [0.4, 0.5) is 0 Å². The lowest BCUT2D eigenvalue weighted by molar-refractivity contribution is 1.36. The fourth-order valence-electron chi connectivity index (χ4n) is 7.81. The SMILES string of the molecule is c1ccc(-c2ccc3ccc4ccc(-c5ccc(-c6ccc7c(c6)nc(-c6cccc8ccccc68)c6sc8ccccc8c67)cc5)nc4c3n2)cc1. The summed E-state index contributed by atoms with van der Waals surface area (Å²) in [5, 5.41) is 8.33. The van der Waals surface area contributed by atoms with E-state index < -0.39 is 0 Å². The third-order valence-electron chi connectivity index (χ3n) is 10.5. The summed E-state index contributed by atoms with van der Waals surface area (Å²) in [6.07, 6.45) is 0. The Balaban J connectivity index is 1.02. The van der Waals surface area contributed by atoms with Crippen LogP contribution in [0, 0.1) is 0 Å². The molecular weight excluding hydrogens is 663 g/mol. The van der Waals surface area contributed by atoms with Crippen molar-refractivity contribution in [3.63, 3.8) is 0 Å². The van der Waals surface area contributed by atoms with Gasteiger partial charge in [-0.1, -0.05) is 152 Å². The zero-order valence-electron chi connectivity index (χ0n) is 28.5.